The molecule has 0 bridgehead atoms. The van der Waals surface area contributed by atoms with Gasteiger partial charge >= 0.3 is 0 Å². The van der Waals surface area contributed by atoms with Crippen LogP contribution in [0.1, 0.15) is 50.8 Å². The highest BCUT2D eigenvalue weighted by Crippen LogP contribution is 2.45. The van der Waals surface area contributed by atoms with Crippen molar-refractivity contribution in [2.75, 3.05) is 0 Å². The smallest absolute Gasteiger partial charge is 0.223 e. The molecule has 1 fully saturated rings. The summed E-state index contributed by atoms with van der Waals surface area (Å²) in [5, 5.41) is 19.9. The number of amides is 1. The van der Waals surface area contributed by atoms with E-state index in [4.69, 9.17) is 10.00 Å². The Bertz CT molecular complexity index is 662. The summed E-state index contributed by atoms with van der Waals surface area (Å²) in [6, 6.07) is 6.86. The van der Waals surface area contributed by atoms with Crippen LogP contribution in [0, 0.1) is 11.3 Å². The summed E-state index contributed by atoms with van der Waals surface area (Å²) < 4.78 is 5.89. The number of aliphatic hydroxyl groups excluding tert-OH is 1. The maximum atomic E-state index is 12.3. The first kappa shape index (κ1) is 14.9. The zero-order chi connectivity index (χ0) is 16.1. The molecule has 0 aliphatic carbocycles. The van der Waals surface area contributed by atoms with Gasteiger partial charge in [-0.05, 0) is 45.4 Å². The van der Waals surface area contributed by atoms with E-state index in [1.807, 2.05) is 20.8 Å². The van der Waals surface area contributed by atoms with Gasteiger partial charge in [0.2, 0.25) is 5.91 Å². The molecule has 3 unspecified atom stereocenters. The van der Waals surface area contributed by atoms with Gasteiger partial charge in [0, 0.05) is 18.0 Å². The second kappa shape index (κ2) is 4.99. The predicted octanol–water partition coefficient (Wildman–Crippen LogP) is 2.14. The molecule has 2 aliphatic rings. The average Bonchev–Trinajstić information content (AvgIpc) is 2.80. The Hall–Kier alpha value is -2.06. The number of benzene rings is 1. The van der Waals surface area contributed by atoms with Crippen molar-refractivity contribution in [1.82, 2.24) is 4.90 Å². The second-order valence-electron chi connectivity index (χ2n) is 6.65. The third kappa shape index (κ3) is 2.15. The molecule has 1 aromatic rings. The van der Waals surface area contributed by atoms with Crippen molar-refractivity contribution < 1.29 is 14.6 Å². The van der Waals surface area contributed by atoms with Gasteiger partial charge < -0.3 is 14.7 Å². The van der Waals surface area contributed by atoms with Crippen LogP contribution < -0.4 is 4.74 Å². The largest absolute Gasteiger partial charge is 0.485 e. The zero-order valence-electron chi connectivity index (χ0n) is 13.0. The molecular weight excluding hydrogens is 280 g/mol. The first-order valence-electron chi connectivity index (χ1n) is 7.57. The molecule has 2 heterocycles. The van der Waals surface area contributed by atoms with Crippen molar-refractivity contribution in [3.8, 4) is 11.8 Å². The molecule has 22 heavy (non-hydrogen) atoms. The third-order valence-corrected chi connectivity index (χ3v) is 4.68. The van der Waals surface area contributed by atoms with Crippen molar-refractivity contribution in [2.24, 2.45) is 0 Å². The molecule has 116 valence electrons. The molecule has 1 N–H and O–H groups in total. The van der Waals surface area contributed by atoms with E-state index >= 15 is 0 Å². The summed E-state index contributed by atoms with van der Waals surface area (Å²) in [5.74, 6) is 0.675. The Kier molecular flexibility index (Phi) is 3.37. The Balaban J connectivity index is 2.15. The molecule has 0 radical (unpaired) electrons. The van der Waals surface area contributed by atoms with Gasteiger partial charge in [-0.1, -0.05) is 0 Å². The van der Waals surface area contributed by atoms with Crippen LogP contribution in [-0.4, -0.2) is 33.7 Å². The molecule has 1 saturated heterocycles. The minimum Gasteiger partial charge on any atom is -0.485 e. The van der Waals surface area contributed by atoms with Crippen molar-refractivity contribution >= 4 is 5.91 Å². The zero-order valence-corrected chi connectivity index (χ0v) is 13.0. The fourth-order valence-corrected chi connectivity index (χ4v) is 3.41. The summed E-state index contributed by atoms with van der Waals surface area (Å²) in [7, 11) is 0. The van der Waals surface area contributed by atoms with E-state index in [9.17, 15) is 9.90 Å². The Labute approximate surface area is 130 Å². The van der Waals surface area contributed by atoms with Crippen LogP contribution in [0.25, 0.3) is 0 Å². The first-order valence-corrected chi connectivity index (χ1v) is 7.57. The molecule has 1 aromatic carbocycles. The molecule has 0 aromatic heterocycles. The van der Waals surface area contributed by atoms with E-state index in [1.54, 1.807) is 23.1 Å². The Morgan fingerprint density at radius 2 is 2.18 bits per heavy atom. The van der Waals surface area contributed by atoms with Crippen molar-refractivity contribution in [3.05, 3.63) is 29.3 Å². The fraction of sp³-hybridized carbons (Fsp3) is 0.529. The number of rotatable bonds is 1. The molecule has 1 amide bonds. The van der Waals surface area contributed by atoms with Gasteiger partial charge in [-0.3, -0.25) is 4.79 Å². The van der Waals surface area contributed by atoms with Crippen molar-refractivity contribution in [2.45, 2.75) is 57.4 Å². The van der Waals surface area contributed by atoms with Crippen LogP contribution >= 0.6 is 0 Å². The van der Waals surface area contributed by atoms with Crippen LogP contribution in [0.5, 0.6) is 5.75 Å². The topological polar surface area (TPSA) is 73.6 Å². The van der Waals surface area contributed by atoms with E-state index in [1.165, 1.54) is 0 Å². The number of carbonyl (C=O) groups excluding carboxylic acids is 1. The fourth-order valence-electron chi connectivity index (χ4n) is 3.41. The van der Waals surface area contributed by atoms with Crippen molar-refractivity contribution in [3.63, 3.8) is 0 Å². The molecule has 0 spiro atoms. The molecule has 5 nitrogen and oxygen atoms in total. The number of nitrogens with zero attached hydrogens (tertiary/aromatic N) is 2. The van der Waals surface area contributed by atoms with Crippen LogP contribution in [0.2, 0.25) is 0 Å². The normalized spacial score (nSPS) is 29.7. The highest BCUT2D eigenvalue weighted by atomic mass is 16.5. The van der Waals surface area contributed by atoms with Crippen molar-refractivity contribution in [1.29, 1.82) is 5.26 Å². The SMILES string of the molecule is CC1CCC(=O)N1C1c2cc(C#N)ccc2OC(C)(C)C1O. The lowest BCUT2D eigenvalue weighted by atomic mass is 9.84. The number of nitriles is 1. The van der Waals surface area contributed by atoms with Crippen LogP contribution in [-0.2, 0) is 4.79 Å². The summed E-state index contributed by atoms with van der Waals surface area (Å²) in [6.45, 7) is 5.63. The average molecular weight is 300 g/mol. The lowest BCUT2D eigenvalue weighted by Gasteiger charge is -2.46. The maximum Gasteiger partial charge on any atom is 0.223 e. The Morgan fingerprint density at radius 3 is 2.77 bits per heavy atom. The monoisotopic (exact) mass is 300 g/mol. The van der Waals surface area contributed by atoms with Gasteiger partial charge in [-0.15, -0.1) is 0 Å². The summed E-state index contributed by atoms with van der Waals surface area (Å²) in [6.07, 6.45) is 0.439. The standard InChI is InChI=1S/C17H20N2O3/c1-10-4-7-14(20)19(10)15-12-8-11(9-18)5-6-13(12)22-17(2,3)16(15)21/h5-6,8,10,15-16,21H,4,7H2,1-3H3. The van der Waals surface area contributed by atoms with E-state index in [0.29, 0.717) is 23.3 Å². The van der Waals surface area contributed by atoms with Crippen LogP contribution in [0.3, 0.4) is 0 Å². The van der Waals surface area contributed by atoms with E-state index in [0.717, 1.165) is 6.42 Å². The van der Waals surface area contributed by atoms with Crippen LogP contribution in [0.15, 0.2) is 18.2 Å². The molecule has 2 aliphatic heterocycles. The minimum absolute atomic E-state index is 0.0440. The van der Waals surface area contributed by atoms with Crippen LogP contribution in [0.4, 0.5) is 0 Å². The van der Waals surface area contributed by atoms with Gasteiger partial charge in [-0.25, -0.2) is 0 Å². The quantitative estimate of drug-likeness (QED) is 0.862. The molecule has 0 saturated carbocycles. The number of carbonyl (C=O) groups is 1. The number of hydrogen-bond acceptors (Lipinski definition) is 4. The predicted molar refractivity (Wildman–Crippen MR) is 80.2 cm³/mol. The van der Waals surface area contributed by atoms with Gasteiger partial charge in [0.05, 0.1) is 17.7 Å². The first-order chi connectivity index (χ1) is 10.3. The Morgan fingerprint density at radius 1 is 1.45 bits per heavy atom. The third-order valence-electron chi connectivity index (χ3n) is 4.68. The van der Waals surface area contributed by atoms with Gasteiger partial charge in [0.15, 0.2) is 0 Å². The number of aliphatic hydroxyl groups is 1. The van der Waals surface area contributed by atoms with E-state index < -0.39 is 17.7 Å². The summed E-state index contributed by atoms with van der Waals surface area (Å²) in [5.41, 5.74) is 0.417. The minimum atomic E-state index is -0.849. The number of hydrogen-bond donors (Lipinski definition) is 1. The summed E-state index contributed by atoms with van der Waals surface area (Å²) >= 11 is 0. The van der Waals surface area contributed by atoms with Gasteiger partial charge in [0.25, 0.3) is 0 Å². The molecule has 3 rings (SSSR count). The highest BCUT2D eigenvalue weighted by molar-refractivity contribution is 5.79. The van der Waals surface area contributed by atoms with E-state index in [2.05, 4.69) is 6.07 Å². The highest BCUT2D eigenvalue weighted by Gasteiger charge is 2.49. The molecule has 5 heteroatoms. The van der Waals surface area contributed by atoms with Gasteiger partial charge in [0.1, 0.15) is 17.5 Å². The molecule has 3 atom stereocenters. The van der Waals surface area contributed by atoms with E-state index in [-0.39, 0.29) is 11.9 Å². The molecular formula is C17H20N2O3. The number of fused-ring (bicyclic) bond motifs is 1. The van der Waals surface area contributed by atoms with Gasteiger partial charge in [-0.2, -0.15) is 5.26 Å². The lowest BCUT2D eigenvalue weighted by molar-refractivity contribution is -0.142. The number of ether oxygens (including phenoxy) is 1. The number of likely N-dealkylation sites (tertiary alicyclic amines) is 1. The second-order valence-corrected chi connectivity index (χ2v) is 6.65. The summed E-state index contributed by atoms with van der Waals surface area (Å²) in [4.78, 5) is 14.1. The maximum absolute atomic E-state index is 12.3. The lowest BCUT2D eigenvalue weighted by Crippen LogP contribution is -2.55.